The standard InChI is InChI=1S/C29H22ClF3N8O/c30-23-10-19(9-22-26(17(12-34)13-35-28(22)23)38-20-11-24(32)29(33)36-14-20)37-27(16-1-3-18(31)4-2-16)25-15-41(40-39-25)21-5-7-42-8-6-21/h1-4,9-11,13-15,21,27,37H,5-8H2,(H,35,38)/t27-/m0/s1. The molecule has 42 heavy (non-hydrogen) atoms. The SMILES string of the molecule is N#Cc1cnc2c(Cl)cc(N[C@@H](c3ccc(F)cc3)c3cn(C4CCOCC4)nn3)cc2c1Nc1cnc(F)c(F)c1. The summed E-state index contributed by atoms with van der Waals surface area (Å²) < 4.78 is 48.4. The third-order valence-corrected chi connectivity index (χ3v) is 7.30. The predicted molar refractivity (Wildman–Crippen MR) is 150 cm³/mol. The second kappa shape index (κ2) is 11.6. The molecule has 1 atom stereocenters. The Labute approximate surface area is 242 Å². The van der Waals surface area contributed by atoms with Crippen LogP contribution >= 0.6 is 11.6 Å². The summed E-state index contributed by atoms with van der Waals surface area (Å²) in [5, 5.41) is 25.7. The molecular weight excluding hydrogens is 569 g/mol. The largest absolute Gasteiger partial charge is 0.381 e. The molecule has 0 unspecified atom stereocenters. The fourth-order valence-corrected chi connectivity index (χ4v) is 5.17. The third kappa shape index (κ3) is 5.57. The Kier molecular flexibility index (Phi) is 7.60. The number of fused-ring (bicyclic) bond motifs is 1. The Bertz CT molecular complexity index is 1800. The van der Waals surface area contributed by atoms with Gasteiger partial charge in [-0.15, -0.1) is 5.10 Å². The molecule has 13 heteroatoms. The fraction of sp³-hybridized carbons (Fsp3) is 0.207. The highest BCUT2D eigenvalue weighted by Gasteiger charge is 2.23. The summed E-state index contributed by atoms with van der Waals surface area (Å²) in [6.07, 6.45) is 5.94. The summed E-state index contributed by atoms with van der Waals surface area (Å²) in [4.78, 5) is 7.74. The second-order valence-corrected chi connectivity index (χ2v) is 10.1. The molecule has 1 aliphatic heterocycles. The molecule has 6 rings (SSSR count). The lowest BCUT2D eigenvalue weighted by molar-refractivity contribution is 0.0657. The van der Waals surface area contributed by atoms with Crippen molar-refractivity contribution in [3.05, 3.63) is 100 Å². The highest BCUT2D eigenvalue weighted by molar-refractivity contribution is 6.36. The van der Waals surface area contributed by atoms with Gasteiger partial charge in [-0.1, -0.05) is 28.9 Å². The van der Waals surface area contributed by atoms with E-state index in [9.17, 15) is 18.4 Å². The maximum atomic E-state index is 13.9. The van der Waals surface area contributed by atoms with Crippen molar-refractivity contribution in [3.63, 3.8) is 0 Å². The van der Waals surface area contributed by atoms with E-state index in [1.807, 2.05) is 10.9 Å². The van der Waals surface area contributed by atoms with Crippen molar-refractivity contribution >= 4 is 39.6 Å². The van der Waals surface area contributed by atoms with E-state index >= 15 is 0 Å². The normalized spacial score (nSPS) is 14.5. The average Bonchev–Trinajstić information content (AvgIpc) is 3.49. The van der Waals surface area contributed by atoms with Gasteiger partial charge in [0.15, 0.2) is 5.82 Å². The minimum absolute atomic E-state index is 0.126. The zero-order chi connectivity index (χ0) is 29.2. The van der Waals surface area contributed by atoms with E-state index in [1.165, 1.54) is 18.3 Å². The van der Waals surface area contributed by atoms with Crippen molar-refractivity contribution in [1.29, 1.82) is 5.26 Å². The van der Waals surface area contributed by atoms with Gasteiger partial charge >= 0.3 is 0 Å². The Morgan fingerprint density at radius 2 is 1.81 bits per heavy atom. The zero-order valence-corrected chi connectivity index (χ0v) is 22.6. The molecular formula is C29H22ClF3N8O. The molecule has 1 saturated heterocycles. The first-order valence-electron chi connectivity index (χ1n) is 13.0. The number of nitrogens with one attached hydrogen (secondary N) is 2. The van der Waals surface area contributed by atoms with Gasteiger partial charge < -0.3 is 15.4 Å². The molecule has 2 aromatic carbocycles. The summed E-state index contributed by atoms with van der Waals surface area (Å²) in [6.45, 7) is 1.29. The molecule has 1 fully saturated rings. The molecule has 3 aromatic heterocycles. The van der Waals surface area contributed by atoms with E-state index in [4.69, 9.17) is 16.3 Å². The van der Waals surface area contributed by atoms with Gasteiger partial charge in [-0.2, -0.15) is 9.65 Å². The van der Waals surface area contributed by atoms with Crippen molar-refractivity contribution in [2.75, 3.05) is 23.8 Å². The van der Waals surface area contributed by atoms with Crippen molar-refractivity contribution in [1.82, 2.24) is 25.0 Å². The smallest absolute Gasteiger partial charge is 0.249 e. The number of nitrogens with zero attached hydrogens (tertiary/aromatic N) is 6. The first-order chi connectivity index (χ1) is 20.4. The molecule has 1 aliphatic rings. The first kappa shape index (κ1) is 27.4. The molecule has 4 heterocycles. The van der Waals surface area contributed by atoms with Gasteiger partial charge in [-0.3, -0.25) is 4.98 Å². The molecule has 0 bridgehead atoms. The van der Waals surface area contributed by atoms with Gasteiger partial charge in [0.2, 0.25) is 5.95 Å². The minimum atomic E-state index is -1.24. The molecule has 0 amide bonds. The van der Waals surface area contributed by atoms with Gasteiger partial charge in [0.05, 0.1) is 52.0 Å². The molecule has 0 saturated carbocycles. The zero-order valence-electron chi connectivity index (χ0n) is 21.9. The molecule has 9 nitrogen and oxygen atoms in total. The van der Waals surface area contributed by atoms with E-state index in [0.717, 1.165) is 30.7 Å². The Morgan fingerprint density at radius 3 is 2.55 bits per heavy atom. The van der Waals surface area contributed by atoms with Crippen LogP contribution in [0.25, 0.3) is 10.9 Å². The molecule has 0 aliphatic carbocycles. The van der Waals surface area contributed by atoms with Gasteiger partial charge in [-0.05, 0) is 42.7 Å². The summed E-state index contributed by atoms with van der Waals surface area (Å²) >= 11 is 6.65. The summed E-state index contributed by atoms with van der Waals surface area (Å²) in [5.41, 5.74) is 2.79. The number of hydrogen-bond acceptors (Lipinski definition) is 8. The van der Waals surface area contributed by atoms with Crippen LogP contribution < -0.4 is 10.6 Å². The van der Waals surface area contributed by atoms with Crippen LogP contribution in [0.2, 0.25) is 5.02 Å². The molecule has 0 radical (unpaired) electrons. The van der Waals surface area contributed by atoms with E-state index < -0.39 is 17.8 Å². The summed E-state index contributed by atoms with van der Waals surface area (Å²) in [5.74, 6) is -2.77. The van der Waals surface area contributed by atoms with Gasteiger partial charge in [0, 0.05) is 36.6 Å². The van der Waals surface area contributed by atoms with Crippen LogP contribution in [0.1, 0.15) is 41.7 Å². The highest BCUT2D eigenvalue weighted by Crippen LogP contribution is 2.37. The predicted octanol–water partition coefficient (Wildman–Crippen LogP) is 6.46. The second-order valence-electron chi connectivity index (χ2n) is 9.73. The fourth-order valence-electron chi connectivity index (χ4n) is 4.90. The Hall–Kier alpha value is -4.73. The number of hydrogen-bond donors (Lipinski definition) is 2. The monoisotopic (exact) mass is 590 g/mol. The summed E-state index contributed by atoms with van der Waals surface area (Å²) in [6, 6.07) is 12.0. The van der Waals surface area contributed by atoms with Crippen molar-refractivity contribution in [2.45, 2.75) is 24.9 Å². The lowest BCUT2D eigenvalue weighted by atomic mass is 10.0. The maximum Gasteiger partial charge on any atom is 0.249 e. The quantitative estimate of drug-likeness (QED) is 0.208. The van der Waals surface area contributed by atoms with E-state index in [2.05, 4.69) is 37.0 Å². The lowest BCUT2D eigenvalue weighted by Crippen LogP contribution is -2.20. The van der Waals surface area contributed by atoms with Crippen LogP contribution in [-0.4, -0.2) is 38.2 Å². The van der Waals surface area contributed by atoms with Crippen LogP contribution in [0.5, 0.6) is 0 Å². The molecule has 5 aromatic rings. The Morgan fingerprint density at radius 1 is 1.02 bits per heavy atom. The van der Waals surface area contributed by atoms with E-state index in [0.29, 0.717) is 35.5 Å². The van der Waals surface area contributed by atoms with Crippen LogP contribution in [0, 0.1) is 28.9 Å². The maximum absolute atomic E-state index is 13.9. The first-order valence-corrected chi connectivity index (χ1v) is 13.4. The van der Waals surface area contributed by atoms with E-state index in [-0.39, 0.29) is 33.8 Å². The molecule has 0 spiro atoms. The minimum Gasteiger partial charge on any atom is -0.381 e. The van der Waals surface area contributed by atoms with Crippen LogP contribution in [-0.2, 0) is 4.74 Å². The number of ether oxygens (including phenoxy) is 1. The molecule has 212 valence electrons. The number of halogens is 4. The van der Waals surface area contributed by atoms with Crippen molar-refractivity contribution in [2.24, 2.45) is 0 Å². The molecule has 2 N–H and O–H groups in total. The lowest BCUT2D eigenvalue weighted by Gasteiger charge is -2.22. The van der Waals surface area contributed by atoms with Gasteiger partial charge in [0.1, 0.15) is 17.6 Å². The van der Waals surface area contributed by atoms with Crippen LogP contribution in [0.4, 0.5) is 30.2 Å². The highest BCUT2D eigenvalue weighted by atomic mass is 35.5. The number of aromatic nitrogens is 5. The van der Waals surface area contributed by atoms with Gasteiger partial charge in [0.25, 0.3) is 0 Å². The van der Waals surface area contributed by atoms with Gasteiger partial charge in [-0.25, -0.2) is 18.4 Å². The average molecular weight is 591 g/mol. The Balaban J connectivity index is 1.41. The topological polar surface area (TPSA) is 114 Å². The van der Waals surface area contributed by atoms with Crippen molar-refractivity contribution in [3.8, 4) is 6.07 Å². The number of anilines is 3. The van der Waals surface area contributed by atoms with Crippen LogP contribution in [0.3, 0.4) is 0 Å². The third-order valence-electron chi connectivity index (χ3n) is 7.01. The number of pyridine rings is 2. The van der Waals surface area contributed by atoms with Crippen molar-refractivity contribution < 1.29 is 17.9 Å². The van der Waals surface area contributed by atoms with E-state index in [1.54, 1.807) is 24.3 Å². The summed E-state index contributed by atoms with van der Waals surface area (Å²) in [7, 11) is 0. The van der Waals surface area contributed by atoms with Crippen LogP contribution in [0.15, 0.2) is 61.1 Å². The number of benzene rings is 2. The number of rotatable bonds is 7. The number of nitriles is 1.